The smallest absolute Gasteiger partial charge is 0.0502 e. The molecule has 2 unspecified atom stereocenters. The van der Waals surface area contributed by atoms with Crippen molar-refractivity contribution in [2.45, 2.75) is 32.2 Å². The Morgan fingerprint density at radius 3 is 2.78 bits per heavy atom. The Bertz CT molecular complexity index is 391. The lowest BCUT2D eigenvalue weighted by Gasteiger charge is -2.37. The molecule has 2 atom stereocenters. The summed E-state index contributed by atoms with van der Waals surface area (Å²) in [4.78, 5) is 2.54. The fraction of sp³-hybridized carbons (Fsp3) is 0.625. The highest BCUT2D eigenvalue weighted by atomic mass is 16.3. The van der Waals surface area contributed by atoms with Crippen molar-refractivity contribution >= 4 is 0 Å². The molecule has 0 spiro atoms. The summed E-state index contributed by atoms with van der Waals surface area (Å²) in [6.45, 7) is 3.68. The van der Waals surface area contributed by atoms with Crippen LogP contribution in [0.4, 0.5) is 0 Å². The van der Waals surface area contributed by atoms with Crippen LogP contribution in [0.25, 0.3) is 0 Å². The lowest BCUT2D eigenvalue weighted by molar-refractivity contribution is 0.0580. The molecule has 0 amide bonds. The van der Waals surface area contributed by atoms with E-state index in [1.54, 1.807) is 0 Å². The Labute approximate surface area is 110 Å². The molecule has 0 radical (unpaired) electrons. The minimum atomic E-state index is 0.215. The molecule has 1 aromatic carbocycles. The number of aliphatic hydroxyl groups excluding tert-OH is 1. The van der Waals surface area contributed by atoms with Gasteiger partial charge in [0.05, 0.1) is 6.61 Å². The summed E-state index contributed by atoms with van der Waals surface area (Å²) >= 11 is 0. The zero-order chi connectivity index (χ0) is 12.4. The third-order valence-electron chi connectivity index (χ3n) is 4.92. The fourth-order valence-corrected chi connectivity index (χ4v) is 3.91. The molecule has 3 rings (SSSR count). The summed E-state index contributed by atoms with van der Waals surface area (Å²) < 4.78 is 0. The van der Waals surface area contributed by atoms with Crippen molar-refractivity contribution in [3.63, 3.8) is 0 Å². The monoisotopic (exact) mass is 245 g/mol. The molecule has 1 saturated heterocycles. The molecule has 2 nitrogen and oxygen atoms in total. The number of hydrogen-bond donors (Lipinski definition) is 1. The van der Waals surface area contributed by atoms with Gasteiger partial charge >= 0.3 is 0 Å². The molecule has 1 aromatic rings. The normalized spacial score (nSPS) is 32.4. The summed E-state index contributed by atoms with van der Waals surface area (Å²) in [5.41, 5.74) is 1.61. The maximum atomic E-state index is 9.81. The first-order valence-corrected chi connectivity index (χ1v) is 7.19. The van der Waals surface area contributed by atoms with Crippen LogP contribution in [-0.4, -0.2) is 29.7 Å². The number of fused-ring (bicyclic) bond motifs is 1. The van der Waals surface area contributed by atoms with Crippen LogP contribution in [0.1, 0.15) is 31.2 Å². The van der Waals surface area contributed by atoms with Gasteiger partial charge in [0, 0.05) is 25.0 Å². The molecule has 2 aliphatic rings. The van der Waals surface area contributed by atoms with E-state index in [2.05, 4.69) is 35.2 Å². The number of likely N-dealkylation sites (tertiary alicyclic amines) is 1. The summed E-state index contributed by atoms with van der Waals surface area (Å²) in [6, 6.07) is 10.7. The molecular formula is C16H23NO. The Morgan fingerprint density at radius 2 is 2.06 bits per heavy atom. The number of hydrogen-bond acceptors (Lipinski definition) is 2. The van der Waals surface area contributed by atoms with Crippen molar-refractivity contribution in [1.29, 1.82) is 0 Å². The van der Waals surface area contributed by atoms with Gasteiger partial charge in [-0.1, -0.05) is 43.2 Å². The third kappa shape index (κ3) is 2.19. The van der Waals surface area contributed by atoms with E-state index in [0.29, 0.717) is 6.61 Å². The first-order valence-electron chi connectivity index (χ1n) is 7.19. The van der Waals surface area contributed by atoms with Crippen LogP contribution in [0.15, 0.2) is 30.3 Å². The van der Waals surface area contributed by atoms with Gasteiger partial charge in [-0.15, -0.1) is 0 Å². The topological polar surface area (TPSA) is 23.5 Å². The zero-order valence-corrected chi connectivity index (χ0v) is 11.0. The van der Waals surface area contributed by atoms with Gasteiger partial charge in [-0.2, -0.15) is 0 Å². The molecular weight excluding hydrogens is 222 g/mol. The van der Waals surface area contributed by atoms with Crippen LogP contribution in [-0.2, 0) is 6.54 Å². The van der Waals surface area contributed by atoms with Crippen LogP contribution < -0.4 is 0 Å². The lowest BCUT2D eigenvalue weighted by atomic mass is 9.69. The van der Waals surface area contributed by atoms with E-state index in [0.717, 1.165) is 19.0 Å². The standard InChI is InChI=1S/C16H23NO/c18-13-16-9-5-4-8-15(16)11-17(12-16)10-14-6-2-1-3-7-14/h1-3,6-7,15,18H,4-5,8-13H2. The second kappa shape index (κ2) is 5.02. The molecule has 1 N–H and O–H groups in total. The van der Waals surface area contributed by atoms with Gasteiger partial charge in [0.1, 0.15) is 0 Å². The molecule has 2 heteroatoms. The largest absolute Gasteiger partial charge is 0.396 e. The average molecular weight is 245 g/mol. The lowest BCUT2D eigenvalue weighted by Crippen LogP contribution is -2.36. The van der Waals surface area contributed by atoms with E-state index >= 15 is 0 Å². The third-order valence-corrected chi connectivity index (χ3v) is 4.92. The van der Waals surface area contributed by atoms with Gasteiger partial charge in [-0.3, -0.25) is 4.90 Å². The summed E-state index contributed by atoms with van der Waals surface area (Å²) in [7, 11) is 0. The first kappa shape index (κ1) is 12.2. The maximum absolute atomic E-state index is 9.81. The average Bonchev–Trinajstić information content (AvgIpc) is 2.78. The Kier molecular flexibility index (Phi) is 3.40. The zero-order valence-electron chi connectivity index (χ0n) is 11.0. The second-order valence-corrected chi connectivity index (χ2v) is 6.12. The number of nitrogens with zero attached hydrogens (tertiary/aromatic N) is 1. The van der Waals surface area contributed by atoms with E-state index in [1.165, 1.54) is 37.8 Å². The van der Waals surface area contributed by atoms with Gasteiger partial charge in [0.15, 0.2) is 0 Å². The molecule has 1 saturated carbocycles. The van der Waals surface area contributed by atoms with Gasteiger partial charge in [-0.05, 0) is 24.3 Å². The summed E-state index contributed by atoms with van der Waals surface area (Å²) in [6.07, 6.45) is 5.19. The van der Waals surface area contributed by atoms with Crippen LogP contribution >= 0.6 is 0 Å². The minimum absolute atomic E-state index is 0.215. The SMILES string of the molecule is OCC12CCCCC1CN(Cc1ccccc1)C2. The highest BCUT2D eigenvalue weighted by Gasteiger charge is 2.46. The maximum Gasteiger partial charge on any atom is 0.0502 e. The molecule has 0 bridgehead atoms. The quantitative estimate of drug-likeness (QED) is 0.885. The predicted octanol–water partition coefficient (Wildman–Crippen LogP) is 2.67. The Hall–Kier alpha value is -0.860. The summed E-state index contributed by atoms with van der Waals surface area (Å²) in [5, 5.41) is 9.81. The van der Waals surface area contributed by atoms with Crippen molar-refractivity contribution in [2.75, 3.05) is 19.7 Å². The molecule has 2 fully saturated rings. The van der Waals surface area contributed by atoms with Crippen molar-refractivity contribution in [3.05, 3.63) is 35.9 Å². The van der Waals surface area contributed by atoms with Gasteiger partial charge in [0.25, 0.3) is 0 Å². The molecule has 0 aromatic heterocycles. The molecule has 1 heterocycles. The summed E-state index contributed by atoms with van der Waals surface area (Å²) in [5.74, 6) is 0.722. The van der Waals surface area contributed by atoms with Gasteiger partial charge < -0.3 is 5.11 Å². The van der Waals surface area contributed by atoms with Crippen LogP contribution in [0.3, 0.4) is 0 Å². The van der Waals surface area contributed by atoms with E-state index in [-0.39, 0.29) is 5.41 Å². The van der Waals surface area contributed by atoms with E-state index in [1.807, 2.05) is 0 Å². The Morgan fingerprint density at radius 1 is 1.22 bits per heavy atom. The molecule has 1 aliphatic heterocycles. The van der Waals surface area contributed by atoms with Gasteiger partial charge in [-0.25, -0.2) is 0 Å². The van der Waals surface area contributed by atoms with Crippen LogP contribution in [0, 0.1) is 11.3 Å². The highest BCUT2D eigenvalue weighted by Crippen LogP contribution is 2.46. The second-order valence-electron chi connectivity index (χ2n) is 6.12. The molecule has 1 aliphatic carbocycles. The van der Waals surface area contributed by atoms with Crippen LogP contribution in [0.5, 0.6) is 0 Å². The van der Waals surface area contributed by atoms with Gasteiger partial charge in [0.2, 0.25) is 0 Å². The number of rotatable bonds is 3. The Balaban J connectivity index is 1.70. The van der Waals surface area contributed by atoms with E-state index in [9.17, 15) is 5.11 Å². The highest BCUT2D eigenvalue weighted by molar-refractivity contribution is 5.15. The molecule has 98 valence electrons. The minimum Gasteiger partial charge on any atom is -0.396 e. The number of aliphatic hydroxyl groups is 1. The number of benzene rings is 1. The predicted molar refractivity (Wildman–Crippen MR) is 73.2 cm³/mol. The van der Waals surface area contributed by atoms with Crippen molar-refractivity contribution in [2.24, 2.45) is 11.3 Å². The fourth-order valence-electron chi connectivity index (χ4n) is 3.91. The van der Waals surface area contributed by atoms with Crippen molar-refractivity contribution in [1.82, 2.24) is 4.90 Å². The van der Waals surface area contributed by atoms with Crippen molar-refractivity contribution < 1.29 is 5.11 Å². The van der Waals surface area contributed by atoms with Crippen molar-refractivity contribution in [3.8, 4) is 0 Å². The van der Waals surface area contributed by atoms with E-state index < -0.39 is 0 Å². The van der Waals surface area contributed by atoms with Crippen LogP contribution in [0.2, 0.25) is 0 Å². The van der Waals surface area contributed by atoms with E-state index in [4.69, 9.17) is 0 Å². The first-order chi connectivity index (χ1) is 8.82. The molecule has 18 heavy (non-hydrogen) atoms.